The molecule has 1 amide bonds. The first-order valence-corrected chi connectivity index (χ1v) is 7.14. The molecule has 0 radical (unpaired) electrons. The van der Waals surface area contributed by atoms with Crippen LogP contribution in [-0.2, 0) is 9.53 Å². The van der Waals surface area contributed by atoms with Gasteiger partial charge in [0.1, 0.15) is 6.54 Å². The largest absolute Gasteiger partial charge is 0.505 e. The topological polar surface area (TPSA) is 92.9 Å². The molecule has 0 aliphatic rings. The van der Waals surface area contributed by atoms with Crippen LogP contribution in [0.25, 0.3) is 16.3 Å². The normalized spacial score (nSPS) is 10.8. The summed E-state index contributed by atoms with van der Waals surface area (Å²) in [5, 5.41) is 18.3. The van der Waals surface area contributed by atoms with Crippen LogP contribution in [0.5, 0.6) is 5.75 Å². The number of fused-ring (bicyclic) bond motifs is 3. The van der Waals surface area contributed by atoms with E-state index >= 15 is 0 Å². The first-order valence-electron chi connectivity index (χ1n) is 7.14. The van der Waals surface area contributed by atoms with Gasteiger partial charge in [-0.05, 0) is 13.0 Å². The molecule has 1 aromatic carbocycles. The van der Waals surface area contributed by atoms with Crippen molar-refractivity contribution in [2.24, 2.45) is 0 Å². The first kappa shape index (κ1) is 14.8. The van der Waals surface area contributed by atoms with Crippen molar-refractivity contribution in [3.05, 3.63) is 42.2 Å². The Hall–Kier alpha value is -3.09. The maximum absolute atomic E-state index is 12.4. The molecule has 0 atom stereocenters. The van der Waals surface area contributed by atoms with Gasteiger partial charge in [-0.3, -0.25) is 9.59 Å². The lowest BCUT2D eigenvalue weighted by Crippen LogP contribution is -2.32. The van der Waals surface area contributed by atoms with Crippen LogP contribution in [-0.4, -0.2) is 39.7 Å². The molecule has 3 rings (SSSR count). The molecule has 2 N–H and O–H groups in total. The molecule has 0 saturated carbocycles. The number of rotatable bonds is 4. The lowest BCUT2D eigenvalue weighted by molar-refractivity contribution is -0.141. The van der Waals surface area contributed by atoms with Gasteiger partial charge in [-0.2, -0.15) is 5.10 Å². The van der Waals surface area contributed by atoms with Gasteiger partial charge >= 0.3 is 5.97 Å². The monoisotopic (exact) mass is 313 g/mol. The fourth-order valence-electron chi connectivity index (χ4n) is 2.48. The lowest BCUT2D eigenvalue weighted by atomic mass is 10.1. The Bertz CT molecular complexity index is 901. The van der Waals surface area contributed by atoms with Crippen molar-refractivity contribution < 1.29 is 19.4 Å². The number of ether oxygens (including phenoxy) is 1. The molecule has 7 nitrogen and oxygen atoms in total. The number of aromatic nitrogens is 2. The SMILES string of the molecule is CCOC(=O)CNC(=O)c1c(O)c2ccccc2c2ccnn12. The number of nitrogens with one attached hydrogen (secondary N) is 1. The van der Waals surface area contributed by atoms with Crippen LogP contribution in [0.2, 0.25) is 0 Å². The average molecular weight is 313 g/mol. The lowest BCUT2D eigenvalue weighted by Gasteiger charge is -2.11. The first-order chi connectivity index (χ1) is 11.1. The molecule has 2 aromatic heterocycles. The number of hydrogen-bond acceptors (Lipinski definition) is 5. The number of hydrogen-bond donors (Lipinski definition) is 2. The highest BCUT2D eigenvalue weighted by Crippen LogP contribution is 2.31. The Labute approximate surface area is 131 Å². The van der Waals surface area contributed by atoms with E-state index in [2.05, 4.69) is 10.4 Å². The molecular formula is C16H15N3O4. The molecule has 0 spiro atoms. The van der Waals surface area contributed by atoms with Crippen LogP contribution < -0.4 is 5.32 Å². The third kappa shape index (κ3) is 2.57. The van der Waals surface area contributed by atoms with Crippen molar-refractivity contribution >= 4 is 28.2 Å². The van der Waals surface area contributed by atoms with E-state index in [1.807, 2.05) is 12.1 Å². The Morgan fingerprint density at radius 2 is 2.00 bits per heavy atom. The minimum absolute atomic E-state index is 0.0204. The van der Waals surface area contributed by atoms with E-state index in [0.717, 1.165) is 5.39 Å². The van der Waals surface area contributed by atoms with E-state index in [1.165, 1.54) is 4.52 Å². The molecule has 0 bridgehead atoms. The summed E-state index contributed by atoms with van der Waals surface area (Å²) in [5.74, 6) is -1.33. The summed E-state index contributed by atoms with van der Waals surface area (Å²) >= 11 is 0. The third-order valence-electron chi connectivity index (χ3n) is 3.45. The van der Waals surface area contributed by atoms with E-state index < -0.39 is 11.9 Å². The van der Waals surface area contributed by atoms with Gasteiger partial charge in [0.25, 0.3) is 5.91 Å². The summed E-state index contributed by atoms with van der Waals surface area (Å²) in [5.41, 5.74) is 0.674. The van der Waals surface area contributed by atoms with Crippen LogP contribution in [0.15, 0.2) is 36.5 Å². The van der Waals surface area contributed by atoms with Crippen LogP contribution in [0.4, 0.5) is 0 Å². The minimum Gasteiger partial charge on any atom is -0.505 e. The van der Waals surface area contributed by atoms with Crippen LogP contribution in [0.1, 0.15) is 17.4 Å². The van der Waals surface area contributed by atoms with Crippen molar-refractivity contribution in [2.45, 2.75) is 6.92 Å². The van der Waals surface area contributed by atoms with Gasteiger partial charge in [0.05, 0.1) is 18.3 Å². The molecule has 0 unspecified atom stereocenters. The maximum Gasteiger partial charge on any atom is 0.325 e. The molecule has 7 heteroatoms. The summed E-state index contributed by atoms with van der Waals surface area (Å²) in [6, 6.07) is 8.93. The molecule has 0 aliphatic carbocycles. The zero-order valence-corrected chi connectivity index (χ0v) is 12.4. The van der Waals surface area contributed by atoms with Gasteiger partial charge in [0, 0.05) is 10.8 Å². The van der Waals surface area contributed by atoms with E-state index in [-0.39, 0.29) is 24.6 Å². The molecule has 0 saturated heterocycles. The summed E-state index contributed by atoms with van der Waals surface area (Å²) in [7, 11) is 0. The van der Waals surface area contributed by atoms with E-state index in [0.29, 0.717) is 10.9 Å². The zero-order valence-electron chi connectivity index (χ0n) is 12.4. The molecule has 118 valence electrons. The van der Waals surface area contributed by atoms with E-state index in [4.69, 9.17) is 4.74 Å². The molecule has 0 fully saturated rings. The number of nitrogens with zero attached hydrogens (tertiary/aromatic N) is 2. The highest BCUT2D eigenvalue weighted by atomic mass is 16.5. The average Bonchev–Trinajstić information content (AvgIpc) is 3.03. The second-order valence-corrected chi connectivity index (χ2v) is 4.86. The number of amides is 1. The van der Waals surface area contributed by atoms with Crippen molar-refractivity contribution in [2.75, 3.05) is 13.2 Å². The van der Waals surface area contributed by atoms with Gasteiger partial charge in [-0.1, -0.05) is 24.3 Å². The highest BCUT2D eigenvalue weighted by Gasteiger charge is 2.21. The smallest absolute Gasteiger partial charge is 0.325 e. The summed E-state index contributed by atoms with van der Waals surface area (Å²) in [4.78, 5) is 23.8. The minimum atomic E-state index is -0.602. The van der Waals surface area contributed by atoms with Gasteiger partial charge in [0.2, 0.25) is 0 Å². The number of benzene rings is 1. The number of pyridine rings is 1. The number of carbonyl (C=O) groups is 2. The van der Waals surface area contributed by atoms with Crippen LogP contribution >= 0.6 is 0 Å². The Morgan fingerprint density at radius 3 is 2.74 bits per heavy atom. The van der Waals surface area contributed by atoms with E-state index in [9.17, 15) is 14.7 Å². The summed E-state index contributed by atoms with van der Waals surface area (Å²) in [6.45, 7) is 1.64. The second-order valence-electron chi connectivity index (χ2n) is 4.86. The third-order valence-corrected chi connectivity index (χ3v) is 3.45. The zero-order chi connectivity index (χ0) is 16.4. The fourth-order valence-corrected chi connectivity index (χ4v) is 2.48. The quantitative estimate of drug-likeness (QED) is 0.712. The Morgan fingerprint density at radius 1 is 1.26 bits per heavy atom. The molecular weight excluding hydrogens is 298 g/mol. The summed E-state index contributed by atoms with van der Waals surface area (Å²) in [6.07, 6.45) is 1.54. The fraction of sp³-hybridized carbons (Fsp3) is 0.188. The molecule has 3 aromatic rings. The van der Waals surface area contributed by atoms with Crippen molar-refractivity contribution in [3.8, 4) is 5.75 Å². The van der Waals surface area contributed by atoms with Crippen LogP contribution in [0.3, 0.4) is 0 Å². The predicted octanol–water partition coefficient (Wildman–Crippen LogP) is 1.49. The highest BCUT2D eigenvalue weighted by molar-refractivity contribution is 6.07. The Balaban J connectivity index is 2.05. The number of esters is 1. The predicted molar refractivity (Wildman–Crippen MR) is 83.3 cm³/mol. The summed E-state index contributed by atoms with van der Waals surface area (Å²) < 4.78 is 6.12. The van der Waals surface area contributed by atoms with Gasteiger partial charge in [-0.15, -0.1) is 0 Å². The van der Waals surface area contributed by atoms with Crippen molar-refractivity contribution in [1.29, 1.82) is 0 Å². The standard InChI is InChI=1S/C16H15N3O4/c1-2-23-13(20)9-17-16(22)14-15(21)11-6-4-3-5-10(11)12-7-8-18-19(12)14/h3-8,21H,2,9H2,1H3,(H,17,22). The Kier molecular flexibility index (Phi) is 3.84. The number of aromatic hydroxyl groups is 1. The molecule has 23 heavy (non-hydrogen) atoms. The number of carbonyl (C=O) groups excluding carboxylic acids is 2. The van der Waals surface area contributed by atoms with Gasteiger partial charge in [0.15, 0.2) is 11.4 Å². The van der Waals surface area contributed by atoms with Crippen molar-refractivity contribution in [1.82, 2.24) is 14.9 Å². The molecule has 2 heterocycles. The van der Waals surface area contributed by atoms with Crippen molar-refractivity contribution in [3.63, 3.8) is 0 Å². The maximum atomic E-state index is 12.4. The van der Waals surface area contributed by atoms with Gasteiger partial charge < -0.3 is 15.2 Å². The molecule has 0 aliphatic heterocycles. The van der Waals surface area contributed by atoms with Gasteiger partial charge in [-0.25, -0.2) is 4.52 Å². The second kappa shape index (κ2) is 5.96. The van der Waals surface area contributed by atoms with Crippen LogP contribution in [0, 0.1) is 0 Å². The van der Waals surface area contributed by atoms with E-state index in [1.54, 1.807) is 31.3 Å².